The highest BCUT2D eigenvalue weighted by Gasteiger charge is 2.59. The summed E-state index contributed by atoms with van der Waals surface area (Å²) in [4.78, 5) is 50.3. The first-order valence-electron chi connectivity index (χ1n) is 25.9. The van der Waals surface area contributed by atoms with Gasteiger partial charge >= 0.3 is 0 Å². The van der Waals surface area contributed by atoms with E-state index in [4.69, 9.17) is 4.42 Å². The molecule has 12 heteroatoms. The summed E-state index contributed by atoms with van der Waals surface area (Å²) in [6.45, 7) is 16.0. The normalized spacial score (nSPS) is 25.7. The smallest absolute Gasteiger partial charge is 0.251 e. The summed E-state index contributed by atoms with van der Waals surface area (Å²) in [7, 11) is 0. The Morgan fingerprint density at radius 1 is 0.812 bits per heavy atom. The Bertz CT molecular complexity index is 2610. The minimum Gasteiger partial charge on any atom is -0.505 e. The van der Waals surface area contributed by atoms with E-state index in [0.717, 1.165) is 79.2 Å². The minimum atomic E-state index is -1.01. The molecule has 3 fully saturated rings. The number of aromatic hydroxyl groups is 1. The number of carbonyl (C=O) groups excluding carboxylic acids is 3. The molecule has 2 aromatic rings. The number of nitrogens with one attached hydrogen (secondary N) is 4. The summed E-state index contributed by atoms with van der Waals surface area (Å²) >= 11 is 0. The number of benzene rings is 3. The monoisotopic (exact) mass is 949 g/mol. The molecule has 5 aliphatic carbocycles. The van der Waals surface area contributed by atoms with Gasteiger partial charge in [-0.3, -0.25) is 19.2 Å². The lowest BCUT2D eigenvalue weighted by molar-refractivity contribution is -0.122. The van der Waals surface area contributed by atoms with E-state index >= 15 is 0 Å². The highest BCUT2D eigenvalue weighted by atomic mass is 19.1. The third kappa shape index (κ3) is 10.7. The van der Waals surface area contributed by atoms with Crippen LogP contribution in [-0.2, 0) is 9.59 Å². The summed E-state index contributed by atoms with van der Waals surface area (Å²) in [5.41, 5.74) is 3.77. The first kappa shape index (κ1) is 50.3. The topological polar surface area (TPSA) is 150 Å². The van der Waals surface area contributed by atoms with Crippen LogP contribution in [0, 0.1) is 64.9 Å². The first-order valence-corrected chi connectivity index (χ1v) is 25.9. The zero-order valence-electron chi connectivity index (χ0n) is 41.6. The Morgan fingerprint density at radius 2 is 1.57 bits per heavy atom. The summed E-state index contributed by atoms with van der Waals surface area (Å²) < 4.78 is 34.9. The van der Waals surface area contributed by atoms with Crippen molar-refractivity contribution in [3.8, 4) is 28.2 Å². The molecule has 0 spiro atoms. The Balaban J connectivity index is 0.724. The van der Waals surface area contributed by atoms with Crippen LogP contribution in [0.4, 0.5) is 8.78 Å². The van der Waals surface area contributed by atoms with Crippen molar-refractivity contribution in [2.45, 2.75) is 137 Å². The average Bonchev–Trinajstić information content (AvgIpc) is 3.66. The fraction of sp³-hybridized carbons (Fsp3) is 0.579. The van der Waals surface area contributed by atoms with Gasteiger partial charge in [-0.05, 0) is 153 Å². The number of carbonyl (C=O) groups is 3. The summed E-state index contributed by atoms with van der Waals surface area (Å²) in [6, 6.07) is 9.50. The lowest BCUT2D eigenvalue weighted by Crippen LogP contribution is -2.51. The van der Waals surface area contributed by atoms with Crippen LogP contribution in [0.25, 0.3) is 33.4 Å². The number of phenolic OH excluding ortho intramolecular Hbond substituents is 1. The summed E-state index contributed by atoms with van der Waals surface area (Å²) in [6.07, 6.45) is 18.3. The van der Waals surface area contributed by atoms with Gasteiger partial charge in [-0.2, -0.15) is 0 Å². The number of allylic oxidation sites excluding steroid dienone is 1. The van der Waals surface area contributed by atoms with Crippen LogP contribution in [0.1, 0.15) is 140 Å². The zero-order valence-corrected chi connectivity index (χ0v) is 41.6. The van der Waals surface area contributed by atoms with Crippen LogP contribution in [0.15, 0.2) is 63.3 Å². The van der Waals surface area contributed by atoms with Gasteiger partial charge < -0.3 is 30.8 Å². The van der Waals surface area contributed by atoms with Crippen molar-refractivity contribution in [2.24, 2.45) is 46.3 Å². The van der Waals surface area contributed by atoms with Gasteiger partial charge in [0, 0.05) is 72.7 Å². The predicted octanol–water partition coefficient (Wildman–Crippen LogP) is 11.0. The SMILES string of the molecule is Cc1cc(C(=O)NCCC(=O)NCCC(=O)NCCCN[C@H]2CC[C@@]3(C)C(=CC[C@H]4[C@@H]5CC[C@H]([C@H](C)CCCC(C)C)[C@@]5(C)CC[C@@H]43)C2)ccc1-c1c2cc(F)c(=O)cc-2oc2cc(O)c(F)cc12. The van der Waals surface area contributed by atoms with Crippen molar-refractivity contribution in [3.05, 3.63) is 87.1 Å². The van der Waals surface area contributed by atoms with E-state index in [-0.39, 0.29) is 60.0 Å². The van der Waals surface area contributed by atoms with Crippen molar-refractivity contribution >= 4 is 28.7 Å². The quantitative estimate of drug-likeness (QED) is 0.0379. The van der Waals surface area contributed by atoms with E-state index in [9.17, 15) is 33.1 Å². The van der Waals surface area contributed by atoms with Gasteiger partial charge in [0.1, 0.15) is 11.3 Å². The van der Waals surface area contributed by atoms with Gasteiger partial charge in [0.05, 0.1) is 0 Å². The van der Waals surface area contributed by atoms with Gasteiger partial charge in [-0.25, -0.2) is 8.78 Å². The van der Waals surface area contributed by atoms with Crippen LogP contribution < -0.4 is 26.7 Å². The van der Waals surface area contributed by atoms with Crippen molar-refractivity contribution < 1.29 is 32.7 Å². The summed E-state index contributed by atoms with van der Waals surface area (Å²) in [5, 5.41) is 22.5. The third-order valence-electron chi connectivity index (χ3n) is 17.3. The lowest BCUT2D eigenvalue weighted by atomic mass is 9.47. The largest absolute Gasteiger partial charge is 0.505 e. The number of hydrogen-bond acceptors (Lipinski definition) is 7. The van der Waals surface area contributed by atoms with Gasteiger partial charge in [0.15, 0.2) is 17.4 Å². The number of rotatable bonds is 18. The maximum absolute atomic E-state index is 14.6. The van der Waals surface area contributed by atoms with Gasteiger partial charge in [-0.1, -0.05) is 71.6 Å². The Kier molecular flexibility index (Phi) is 15.4. The lowest BCUT2D eigenvalue weighted by Gasteiger charge is -2.58. The Hall–Kier alpha value is -5.10. The number of fused-ring (bicyclic) bond motifs is 7. The van der Waals surface area contributed by atoms with Gasteiger partial charge in [0.25, 0.3) is 5.91 Å². The molecule has 1 aliphatic heterocycles. The molecule has 8 atom stereocenters. The van der Waals surface area contributed by atoms with Crippen molar-refractivity contribution in [1.29, 1.82) is 0 Å². The Morgan fingerprint density at radius 3 is 2.32 bits per heavy atom. The molecule has 10 nitrogen and oxygen atoms in total. The van der Waals surface area contributed by atoms with Crippen LogP contribution in [0.2, 0.25) is 0 Å². The zero-order chi connectivity index (χ0) is 49.2. The fourth-order valence-corrected chi connectivity index (χ4v) is 13.6. The molecule has 0 bridgehead atoms. The molecule has 6 aliphatic rings. The van der Waals surface area contributed by atoms with Crippen molar-refractivity contribution in [1.82, 2.24) is 21.3 Å². The van der Waals surface area contributed by atoms with Crippen LogP contribution in [0.5, 0.6) is 5.75 Å². The molecule has 69 heavy (non-hydrogen) atoms. The van der Waals surface area contributed by atoms with Crippen molar-refractivity contribution in [2.75, 3.05) is 26.2 Å². The molecular formula is C57H74F2N4O6. The highest BCUT2D eigenvalue weighted by molar-refractivity contribution is 6.04. The van der Waals surface area contributed by atoms with Gasteiger partial charge in [0.2, 0.25) is 17.2 Å². The van der Waals surface area contributed by atoms with E-state index in [1.54, 1.807) is 30.7 Å². The molecule has 3 saturated carbocycles. The molecule has 1 heterocycles. The summed E-state index contributed by atoms with van der Waals surface area (Å²) in [5.74, 6) is 1.72. The number of halogens is 2. The second kappa shape index (κ2) is 21.1. The first-order chi connectivity index (χ1) is 33.0. The van der Waals surface area contributed by atoms with Crippen LogP contribution in [-0.4, -0.2) is 55.0 Å². The molecule has 0 unspecified atom stereocenters. The second-order valence-electron chi connectivity index (χ2n) is 22.1. The van der Waals surface area contributed by atoms with Crippen LogP contribution >= 0.6 is 0 Å². The number of aryl methyl sites for hydroxylation is 1. The molecule has 0 saturated heterocycles. The maximum Gasteiger partial charge on any atom is 0.251 e. The van der Waals surface area contributed by atoms with E-state index in [2.05, 4.69) is 62.0 Å². The average molecular weight is 949 g/mol. The highest BCUT2D eigenvalue weighted by Crippen LogP contribution is 2.67. The standard InChI is InChI=1S/C57H74F2N4O6/c1-33(2)9-7-10-34(3)43-15-16-44-40-14-12-37-28-38(17-21-56(37,5)45(40)18-22-57(43,44)6)60-23-8-24-61-52(66)19-25-62-53(67)20-26-63-55(68)36-11-13-39(35(4)27-36)54-41-29-46(58)48(64)31-50(41)69-51-32-49(65)47(59)30-42(51)54/h11-13,27,29-34,38,40,43-45,60,64H,7-10,14-26,28H2,1-6H3,(H,61,66)(H,62,67)(H,63,68)/t34-,38+,40+,43-,44+,45+,56+,57-/m1/s1. The molecule has 5 N–H and O–H groups in total. The molecule has 372 valence electrons. The van der Waals surface area contributed by atoms with Crippen molar-refractivity contribution in [3.63, 3.8) is 0 Å². The maximum atomic E-state index is 14.6. The third-order valence-corrected chi connectivity index (χ3v) is 17.3. The molecule has 8 rings (SSSR count). The number of phenols is 1. The minimum absolute atomic E-state index is 0.0181. The fourth-order valence-electron chi connectivity index (χ4n) is 13.6. The molecule has 0 aromatic heterocycles. The molecule has 3 amide bonds. The number of amides is 3. The van der Waals surface area contributed by atoms with Crippen LogP contribution in [0.3, 0.4) is 0 Å². The molecular weight excluding hydrogens is 875 g/mol. The van der Waals surface area contributed by atoms with E-state index in [0.29, 0.717) is 45.7 Å². The Labute approximate surface area is 406 Å². The predicted molar refractivity (Wildman–Crippen MR) is 268 cm³/mol. The molecule has 2 aromatic carbocycles. The number of hydrogen-bond donors (Lipinski definition) is 5. The molecule has 0 radical (unpaired) electrons. The van der Waals surface area contributed by atoms with Gasteiger partial charge in [-0.15, -0.1) is 0 Å². The second-order valence-corrected chi connectivity index (χ2v) is 22.1. The van der Waals surface area contributed by atoms with E-state index < -0.39 is 28.7 Å². The van der Waals surface area contributed by atoms with E-state index in [1.807, 2.05) is 0 Å². The van der Waals surface area contributed by atoms with E-state index in [1.165, 1.54) is 64.2 Å².